The molecular formula is C9H16N4OS. The third-order valence-electron chi connectivity index (χ3n) is 2.03. The fourth-order valence-electron chi connectivity index (χ4n) is 1.15. The van der Waals surface area contributed by atoms with Gasteiger partial charge in [-0.15, -0.1) is 0 Å². The number of nitrogens with two attached hydrogens (primary N) is 1. The van der Waals surface area contributed by atoms with Crippen molar-refractivity contribution in [2.75, 3.05) is 32.1 Å². The second-order valence-corrected chi connectivity index (χ2v) is 4.28. The molecule has 5 nitrogen and oxygen atoms in total. The van der Waals surface area contributed by atoms with Crippen LogP contribution >= 0.6 is 11.3 Å². The monoisotopic (exact) mass is 228 g/mol. The van der Waals surface area contributed by atoms with Gasteiger partial charge in [-0.25, -0.2) is 4.98 Å². The van der Waals surface area contributed by atoms with E-state index in [1.807, 2.05) is 19.0 Å². The molecule has 3 N–H and O–H groups in total. The van der Waals surface area contributed by atoms with Gasteiger partial charge in [0.25, 0.3) is 5.91 Å². The molecule has 0 saturated carbocycles. The van der Waals surface area contributed by atoms with Crippen LogP contribution in [0.4, 0.5) is 5.13 Å². The molecule has 1 amide bonds. The van der Waals surface area contributed by atoms with Crippen molar-refractivity contribution in [2.24, 2.45) is 5.73 Å². The van der Waals surface area contributed by atoms with Crippen molar-refractivity contribution in [3.63, 3.8) is 0 Å². The first-order valence-corrected chi connectivity index (χ1v) is 5.51. The van der Waals surface area contributed by atoms with Crippen molar-refractivity contribution in [3.05, 3.63) is 10.6 Å². The van der Waals surface area contributed by atoms with E-state index in [0.717, 1.165) is 18.2 Å². The molecule has 0 atom stereocenters. The third kappa shape index (κ3) is 2.90. The fourth-order valence-corrected chi connectivity index (χ4v) is 2.06. The molecule has 6 heteroatoms. The molecule has 0 aliphatic heterocycles. The van der Waals surface area contributed by atoms with Crippen molar-refractivity contribution in [2.45, 2.75) is 6.92 Å². The highest BCUT2D eigenvalue weighted by Gasteiger charge is 2.14. The Kier molecular flexibility index (Phi) is 4.05. The van der Waals surface area contributed by atoms with Crippen LogP contribution in [0.2, 0.25) is 0 Å². The van der Waals surface area contributed by atoms with Gasteiger partial charge in [-0.1, -0.05) is 11.3 Å². The average Bonchev–Trinajstić information content (AvgIpc) is 2.56. The number of rotatable bonds is 5. The Morgan fingerprint density at radius 1 is 1.67 bits per heavy atom. The zero-order valence-electron chi connectivity index (χ0n) is 9.20. The zero-order chi connectivity index (χ0) is 11.4. The molecule has 0 bridgehead atoms. The first-order chi connectivity index (χ1) is 7.06. The van der Waals surface area contributed by atoms with Crippen molar-refractivity contribution in [3.8, 4) is 0 Å². The Balaban J connectivity index is 2.78. The highest BCUT2D eigenvalue weighted by atomic mass is 32.1. The Labute approximate surface area is 93.3 Å². The standard InChI is InChI=1S/C9H16N4OS/c1-6-7(8(10)14)15-9(12-6)13(3)5-4-11-2/h11H,4-5H2,1-3H3,(H2,10,14). The minimum Gasteiger partial charge on any atom is -0.365 e. The van der Waals surface area contributed by atoms with E-state index in [9.17, 15) is 4.79 Å². The molecule has 0 spiro atoms. The number of anilines is 1. The Morgan fingerprint density at radius 2 is 2.33 bits per heavy atom. The lowest BCUT2D eigenvalue weighted by Crippen LogP contribution is -2.26. The molecule has 1 aromatic rings. The number of primary amides is 1. The van der Waals surface area contributed by atoms with E-state index in [2.05, 4.69) is 10.3 Å². The first kappa shape index (κ1) is 11.9. The van der Waals surface area contributed by atoms with E-state index in [1.165, 1.54) is 11.3 Å². The lowest BCUT2D eigenvalue weighted by molar-refractivity contribution is 0.100. The molecule has 15 heavy (non-hydrogen) atoms. The summed E-state index contributed by atoms with van der Waals surface area (Å²) < 4.78 is 0. The van der Waals surface area contributed by atoms with Crippen LogP contribution in [-0.4, -0.2) is 38.1 Å². The van der Waals surface area contributed by atoms with Crippen LogP contribution in [0.5, 0.6) is 0 Å². The number of aromatic nitrogens is 1. The van der Waals surface area contributed by atoms with Crippen molar-refractivity contribution in [1.29, 1.82) is 0 Å². The Hall–Kier alpha value is -1.14. The number of hydrogen-bond donors (Lipinski definition) is 2. The summed E-state index contributed by atoms with van der Waals surface area (Å²) in [6.45, 7) is 3.52. The number of carbonyl (C=O) groups excluding carboxylic acids is 1. The maximum Gasteiger partial charge on any atom is 0.260 e. The predicted molar refractivity (Wildman–Crippen MR) is 62.6 cm³/mol. The third-order valence-corrected chi connectivity index (χ3v) is 3.32. The summed E-state index contributed by atoms with van der Waals surface area (Å²) in [6.07, 6.45) is 0. The molecule has 0 saturated heterocycles. The van der Waals surface area contributed by atoms with Crippen LogP contribution < -0.4 is 16.0 Å². The van der Waals surface area contributed by atoms with E-state index in [-0.39, 0.29) is 0 Å². The largest absolute Gasteiger partial charge is 0.365 e. The number of nitrogens with zero attached hydrogens (tertiary/aromatic N) is 2. The zero-order valence-corrected chi connectivity index (χ0v) is 10.0. The number of likely N-dealkylation sites (N-methyl/N-ethyl adjacent to an activating group) is 2. The van der Waals surface area contributed by atoms with Gasteiger partial charge in [0.05, 0.1) is 5.69 Å². The van der Waals surface area contributed by atoms with Gasteiger partial charge in [0.1, 0.15) is 4.88 Å². The minimum atomic E-state index is -0.404. The van der Waals surface area contributed by atoms with Crippen LogP contribution in [0.1, 0.15) is 15.4 Å². The second-order valence-electron chi connectivity index (χ2n) is 3.30. The predicted octanol–water partition coefficient (Wildman–Crippen LogP) is 0.206. The number of aryl methyl sites for hydroxylation is 1. The minimum absolute atomic E-state index is 0.404. The summed E-state index contributed by atoms with van der Waals surface area (Å²) in [4.78, 5) is 17.9. The maximum atomic E-state index is 11.0. The molecule has 1 aromatic heterocycles. The van der Waals surface area contributed by atoms with E-state index < -0.39 is 5.91 Å². The fraction of sp³-hybridized carbons (Fsp3) is 0.556. The molecule has 0 aromatic carbocycles. The number of hydrogen-bond acceptors (Lipinski definition) is 5. The van der Waals surface area contributed by atoms with E-state index in [4.69, 9.17) is 5.73 Å². The lowest BCUT2D eigenvalue weighted by atomic mass is 10.4. The molecule has 84 valence electrons. The normalized spacial score (nSPS) is 10.3. The van der Waals surface area contributed by atoms with Crippen LogP contribution in [0, 0.1) is 6.92 Å². The smallest absolute Gasteiger partial charge is 0.260 e. The van der Waals surface area contributed by atoms with Gasteiger partial charge < -0.3 is 16.0 Å². The highest BCUT2D eigenvalue weighted by Crippen LogP contribution is 2.24. The average molecular weight is 228 g/mol. The number of thiazole rings is 1. The molecule has 1 heterocycles. The van der Waals surface area contributed by atoms with Gasteiger partial charge in [0, 0.05) is 20.1 Å². The quantitative estimate of drug-likeness (QED) is 0.755. The SMILES string of the molecule is CNCCN(C)c1nc(C)c(C(N)=O)s1. The summed E-state index contributed by atoms with van der Waals surface area (Å²) in [7, 11) is 3.84. The van der Waals surface area contributed by atoms with Gasteiger partial charge in [-0.05, 0) is 14.0 Å². The molecule has 0 aliphatic rings. The van der Waals surface area contributed by atoms with E-state index in [0.29, 0.717) is 10.6 Å². The Morgan fingerprint density at radius 3 is 2.80 bits per heavy atom. The molecular weight excluding hydrogens is 212 g/mol. The van der Waals surface area contributed by atoms with Gasteiger partial charge >= 0.3 is 0 Å². The van der Waals surface area contributed by atoms with E-state index >= 15 is 0 Å². The van der Waals surface area contributed by atoms with Crippen molar-refractivity contribution in [1.82, 2.24) is 10.3 Å². The highest BCUT2D eigenvalue weighted by molar-refractivity contribution is 7.17. The Bertz CT molecular complexity index is 350. The van der Waals surface area contributed by atoms with Crippen LogP contribution in [0.3, 0.4) is 0 Å². The van der Waals surface area contributed by atoms with Gasteiger partial charge in [0.2, 0.25) is 0 Å². The van der Waals surface area contributed by atoms with Crippen molar-refractivity contribution < 1.29 is 4.79 Å². The first-order valence-electron chi connectivity index (χ1n) is 4.69. The summed E-state index contributed by atoms with van der Waals surface area (Å²) in [5.41, 5.74) is 5.94. The van der Waals surface area contributed by atoms with Crippen LogP contribution in [0.25, 0.3) is 0 Å². The summed E-state index contributed by atoms with van der Waals surface area (Å²) >= 11 is 1.34. The van der Waals surface area contributed by atoms with Crippen LogP contribution in [0.15, 0.2) is 0 Å². The molecule has 1 rings (SSSR count). The number of nitrogens with one attached hydrogen (secondary N) is 1. The van der Waals surface area contributed by atoms with Crippen LogP contribution in [-0.2, 0) is 0 Å². The summed E-state index contributed by atoms with van der Waals surface area (Å²) in [6, 6.07) is 0. The van der Waals surface area contributed by atoms with Gasteiger partial charge in [-0.3, -0.25) is 4.79 Å². The number of amides is 1. The van der Waals surface area contributed by atoms with Gasteiger partial charge in [0.15, 0.2) is 5.13 Å². The summed E-state index contributed by atoms with van der Waals surface area (Å²) in [5.74, 6) is -0.404. The molecule has 0 radical (unpaired) electrons. The van der Waals surface area contributed by atoms with E-state index in [1.54, 1.807) is 6.92 Å². The molecule has 0 unspecified atom stereocenters. The molecule has 0 fully saturated rings. The number of carbonyl (C=O) groups is 1. The maximum absolute atomic E-state index is 11.0. The topological polar surface area (TPSA) is 71.2 Å². The lowest BCUT2D eigenvalue weighted by Gasteiger charge is -2.14. The second kappa shape index (κ2) is 5.09. The molecule has 0 aliphatic carbocycles. The van der Waals surface area contributed by atoms with Crippen molar-refractivity contribution >= 4 is 22.4 Å². The summed E-state index contributed by atoms with van der Waals surface area (Å²) in [5, 5.41) is 3.89. The van der Waals surface area contributed by atoms with Gasteiger partial charge in [-0.2, -0.15) is 0 Å².